The Morgan fingerprint density at radius 2 is 2.53 bits per heavy atom. The molecule has 94 valence electrons. The number of morpholine rings is 1. The van der Waals surface area contributed by atoms with E-state index in [0.717, 1.165) is 45.8 Å². The summed E-state index contributed by atoms with van der Waals surface area (Å²) in [5.74, 6) is 0. The summed E-state index contributed by atoms with van der Waals surface area (Å²) in [5.41, 5.74) is 2.60. The number of rotatable bonds is 2. The molecule has 1 N–H and O–H groups in total. The van der Waals surface area contributed by atoms with Gasteiger partial charge in [-0.1, -0.05) is 0 Å². The van der Waals surface area contributed by atoms with Crippen LogP contribution in [-0.2, 0) is 24.2 Å². The molecule has 0 spiro atoms. The topological polar surface area (TPSA) is 42.3 Å². The van der Waals surface area contributed by atoms with Crippen LogP contribution in [0.1, 0.15) is 11.4 Å². The smallest absolute Gasteiger partial charge is 0.0953 e. The Balaban J connectivity index is 1.70. The van der Waals surface area contributed by atoms with E-state index in [4.69, 9.17) is 4.74 Å². The number of ether oxygens (including phenoxy) is 1. The van der Waals surface area contributed by atoms with Crippen LogP contribution in [0.4, 0.5) is 0 Å². The second-order valence-corrected chi connectivity index (χ2v) is 4.97. The van der Waals surface area contributed by atoms with Crippen LogP contribution in [0.3, 0.4) is 0 Å². The standard InChI is InChI=1S/C12H20N4O/c1-15-4-5-17-10(7-15)8-16-9-14-11-6-13-3-2-12(11)16/h9-10,13H,2-8H2,1H3. The van der Waals surface area contributed by atoms with Crippen molar-refractivity contribution in [2.24, 2.45) is 0 Å². The first-order valence-electron chi connectivity index (χ1n) is 6.36. The first-order chi connectivity index (χ1) is 8.33. The summed E-state index contributed by atoms with van der Waals surface area (Å²) < 4.78 is 8.08. The highest BCUT2D eigenvalue weighted by molar-refractivity contribution is 5.16. The summed E-state index contributed by atoms with van der Waals surface area (Å²) in [6, 6.07) is 0. The van der Waals surface area contributed by atoms with Crippen molar-refractivity contribution >= 4 is 0 Å². The van der Waals surface area contributed by atoms with Gasteiger partial charge < -0.3 is 19.5 Å². The molecule has 3 heterocycles. The molecule has 1 atom stereocenters. The van der Waals surface area contributed by atoms with Gasteiger partial charge in [0.1, 0.15) is 0 Å². The van der Waals surface area contributed by atoms with Crippen LogP contribution in [0.5, 0.6) is 0 Å². The zero-order chi connectivity index (χ0) is 11.7. The van der Waals surface area contributed by atoms with Crippen molar-refractivity contribution in [1.82, 2.24) is 19.8 Å². The number of hydrogen-bond donors (Lipinski definition) is 1. The van der Waals surface area contributed by atoms with Crippen molar-refractivity contribution < 1.29 is 4.74 Å². The molecular weight excluding hydrogens is 216 g/mol. The lowest BCUT2D eigenvalue weighted by Gasteiger charge is -2.30. The Bertz CT molecular complexity index is 390. The van der Waals surface area contributed by atoms with Gasteiger partial charge >= 0.3 is 0 Å². The molecule has 1 aromatic heterocycles. The van der Waals surface area contributed by atoms with Crippen LogP contribution in [0, 0.1) is 0 Å². The van der Waals surface area contributed by atoms with Gasteiger partial charge in [0.05, 0.1) is 31.3 Å². The van der Waals surface area contributed by atoms with Gasteiger partial charge in [0.25, 0.3) is 0 Å². The molecule has 1 saturated heterocycles. The fourth-order valence-electron chi connectivity index (χ4n) is 2.65. The maximum Gasteiger partial charge on any atom is 0.0953 e. The highest BCUT2D eigenvalue weighted by atomic mass is 16.5. The van der Waals surface area contributed by atoms with Crippen molar-refractivity contribution in [3.05, 3.63) is 17.7 Å². The van der Waals surface area contributed by atoms with E-state index in [-0.39, 0.29) is 0 Å². The van der Waals surface area contributed by atoms with Gasteiger partial charge in [0, 0.05) is 38.3 Å². The SMILES string of the molecule is CN1CCOC(Cn2cnc3c2CCNC3)C1. The first-order valence-corrected chi connectivity index (χ1v) is 6.36. The van der Waals surface area contributed by atoms with Crippen molar-refractivity contribution in [3.8, 4) is 0 Å². The molecule has 0 aromatic carbocycles. The van der Waals surface area contributed by atoms with Crippen molar-refractivity contribution in [1.29, 1.82) is 0 Å². The fourth-order valence-corrected chi connectivity index (χ4v) is 2.65. The molecule has 0 aliphatic carbocycles. The van der Waals surface area contributed by atoms with Crippen molar-refractivity contribution in [2.45, 2.75) is 25.6 Å². The Labute approximate surface area is 102 Å². The molecule has 0 radical (unpaired) electrons. The molecule has 1 fully saturated rings. The van der Waals surface area contributed by atoms with E-state index >= 15 is 0 Å². The van der Waals surface area contributed by atoms with Crippen molar-refractivity contribution in [3.63, 3.8) is 0 Å². The molecule has 0 saturated carbocycles. The number of imidazole rings is 1. The van der Waals surface area contributed by atoms with E-state index < -0.39 is 0 Å². The van der Waals surface area contributed by atoms with Gasteiger partial charge in [-0.05, 0) is 7.05 Å². The quantitative estimate of drug-likeness (QED) is 0.776. The average Bonchev–Trinajstić information content (AvgIpc) is 2.73. The van der Waals surface area contributed by atoms with Crippen LogP contribution in [-0.4, -0.2) is 53.8 Å². The molecular formula is C12H20N4O. The minimum atomic E-state index is 0.307. The molecule has 0 bridgehead atoms. The largest absolute Gasteiger partial charge is 0.374 e. The number of hydrogen-bond acceptors (Lipinski definition) is 4. The molecule has 3 rings (SSSR count). The Kier molecular flexibility index (Phi) is 3.13. The Hall–Kier alpha value is -0.910. The summed E-state index contributed by atoms with van der Waals surface area (Å²) in [6.45, 7) is 5.82. The summed E-state index contributed by atoms with van der Waals surface area (Å²) >= 11 is 0. The lowest BCUT2D eigenvalue weighted by molar-refractivity contribution is -0.0278. The van der Waals surface area contributed by atoms with Crippen LogP contribution in [0.2, 0.25) is 0 Å². The summed E-state index contributed by atoms with van der Waals surface area (Å²) in [7, 11) is 2.16. The average molecular weight is 236 g/mol. The summed E-state index contributed by atoms with van der Waals surface area (Å²) in [4.78, 5) is 6.80. The molecule has 2 aliphatic heterocycles. The van der Waals surface area contributed by atoms with E-state index in [1.54, 1.807) is 0 Å². The number of nitrogens with one attached hydrogen (secondary N) is 1. The lowest BCUT2D eigenvalue weighted by Crippen LogP contribution is -2.42. The predicted molar refractivity (Wildman–Crippen MR) is 64.9 cm³/mol. The molecule has 17 heavy (non-hydrogen) atoms. The van der Waals surface area contributed by atoms with Crippen molar-refractivity contribution in [2.75, 3.05) is 33.3 Å². The van der Waals surface area contributed by atoms with Gasteiger partial charge in [-0.15, -0.1) is 0 Å². The molecule has 5 heteroatoms. The van der Waals surface area contributed by atoms with Gasteiger partial charge in [0.15, 0.2) is 0 Å². The Morgan fingerprint density at radius 3 is 3.41 bits per heavy atom. The third kappa shape index (κ3) is 2.36. The molecule has 0 amide bonds. The van der Waals surface area contributed by atoms with Crippen LogP contribution >= 0.6 is 0 Å². The molecule has 1 unspecified atom stereocenters. The summed E-state index contributed by atoms with van der Waals surface area (Å²) in [5, 5.41) is 3.35. The predicted octanol–water partition coefficient (Wildman–Crippen LogP) is -0.141. The normalized spacial score (nSPS) is 25.8. The minimum Gasteiger partial charge on any atom is -0.374 e. The Morgan fingerprint density at radius 1 is 1.59 bits per heavy atom. The third-order valence-corrected chi connectivity index (χ3v) is 3.61. The van der Waals surface area contributed by atoms with Gasteiger partial charge in [-0.3, -0.25) is 0 Å². The first kappa shape index (κ1) is 11.2. The highest BCUT2D eigenvalue weighted by Crippen LogP contribution is 2.14. The monoisotopic (exact) mass is 236 g/mol. The number of nitrogens with zero attached hydrogens (tertiary/aromatic N) is 3. The van der Waals surface area contributed by atoms with E-state index in [1.165, 1.54) is 11.4 Å². The fraction of sp³-hybridized carbons (Fsp3) is 0.750. The minimum absolute atomic E-state index is 0.307. The van der Waals surface area contributed by atoms with E-state index in [1.807, 2.05) is 6.33 Å². The maximum absolute atomic E-state index is 5.81. The van der Waals surface area contributed by atoms with E-state index in [2.05, 4.69) is 26.8 Å². The summed E-state index contributed by atoms with van der Waals surface area (Å²) in [6.07, 6.45) is 3.36. The van der Waals surface area contributed by atoms with E-state index in [9.17, 15) is 0 Å². The van der Waals surface area contributed by atoms with Gasteiger partial charge in [0.2, 0.25) is 0 Å². The van der Waals surface area contributed by atoms with Gasteiger partial charge in [-0.2, -0.15) is 0 Å². The molecule has 5 nitrogen and oxygen atoms in total. The number of fused-ring (bicyclic) bond motifs is 1. The highest BCUT2D eigenvalue weighted by Gasteiger charge is 2.21. The zero-order valence-corrected chi connectivity index (χ0v) is 10.4. The lowest BCUT2D eigenvalue weighted by atomic mass is 10.1. The van der Waals surface area contributed by atoms with Gasteiger partial charge in [-0.25, -0.2) is 4.98 Å². The van der Waals surface area contributed by atoms with Crippen LogP contribution in [0.25, 0.3) is 0 Å². The molecule has 1 aromatic rings. The number of aromatic nitrogens is 2. The van der Waals surface area contributed by atoms with E-state index in [0.29, 0.717) is 6.10 Å². The number of likely N-dealkylation sites (N-methyl/N-ethyl adjacent to an activating group) is 1. The third-order valence-electron chi connectivity index (χ3n) is 3.61. The van der Waals surface area contributed by atoms with Crippen LogP contribution in [0.15, 0.2) is 6.33 Å². The maximum atomic E-state index is 5.81. The van der Waals surface area contributed by atoms with Crippen LogP contribution < -0.4 is 5.32 Å². The zero-order valence-electron chi connectivity index (χ0n) is 10.4. The second kappa shape index (κ2) is 4.76. The molecule has 2 aliphatic rings. The second-order valence-electron chi connectivity index (χ2n) is 4.97.